The van der Waals surface area contributed by atoms with Crippen LogP contribution in [-0.2, 0) is 9.36 Å². The van der Waals surface area contributed by atoms with Gasteiger partial charge in [0.05, 0.1) is 18.4 Å². The Balaban J connectivity index is 1.44. The van der Waals surface area contributed by atoms with Crippen molar-refractivity contribution in [2.75, 3.05) is 12.7 Å². The molecule has 0 aromatic rings. The molecule has 36 heavy (non-hydrogen) atoms. The number of amides is 1. The maximum atomic E-state index is 12.3. The summed E-state index contributed by atoms with van der Waals surface area (Å²) in [6.45, 7) is 9.41. The van der Waals surface area contributed by atoms with Crippen molar-refractivity contribution in [3.8, 4) is 0 Å². The molecular weight excluding hydrogens is 477 g/mol. The van der Waals surface area contributed by atoms with Crippen LogP contribution in [0.5, 0.6) is 0 Å². The quantitative estimate of drug-likeness (QED) is 0.299. The van der Waals surface area contributed by atoms with E-state index in [9.17, 15) is 19.6 Å². The van der Waals surface area contributed by atoms with Crippen LogP contribution >= 0.6 is 7.60 Å². The number of nitrogens with one attached hydrogen (secondary N) is 1. The van der Waals surface area contributed by atoms with Crippen molar-refractivity contribution in [1.82, 2.24) is 5.32 Å². The largest absolute Gasteiger partial charge is 0.393 e. The van der Waals surface area contributed by atoms with Crippen LogP contribution in [0.3, 0.4) is 0 Å². The van der Waals surface area contributed by atoms with Gasteiger partial charge in [-0.05, 0) is 104 Å². The molecule has 0 bridgehead atoms. The van der Waals surface area contributed by atoms with Crippen LogP contribution in [0, 0.1) is 52.3 Å². The summed E-state index contributed by atoms with van der Waals surface area (Å²) in [5.41, 5.74) is 0.383. The highest BCUT2D eigenvalue weighted by Crippen LogP contribution is 2.69. The number of carbonyl (C=O) groups excluding carboxylic acids is 1. The first-order valence-corrected chi connectivity index (χ1v) is 16.3. The van der Waals surface area contributed by atoms with Crippen LogP contribution in [0.1, 0.15) is 91.9 Å². The summed E-state index contributed by atoms with van der Waals surface area (Å²) in [6, 6.07) is 0. The summed E-state index contributed by atoms with van der Waals surface area (Å²) in [5.74, 6) is 2.82. The van der Waals surface area contributed by atoms with Crippen LogP contribution < -0.4 is 5.32 Å². The molecular formula is C28H50NO6P. The predicted molar refractivity (Wildman–Crippen MR) is 140 cm³/mol. The van der Waals surface area contributed by atoms with Crippen molar-refractivity contribution in [3.05, 3.63) is 0 Å². The highest BCUT2D eigenvalue weighted by molar-refractivity contribution is 7.51. The monoisotopic (exact) mass is 527 g/mol. The van der Waals surface area contributed by atoms with E-state index in [1.54, 1.807) is 0 Å². The molecule has 0 heterocycles. The Kier molecular flexibility index (Phi) is 8.41. The Labute approximate surface area is 217 Å². The molecule has 0 aromatic carbocycles. The van der Waals surface area contributed by atoms with Crippen LogP contribution in [0.15, 0.2) is 0 Å². The first kappa shape index (κ1) is 28.5. The predicted octanol–water partition coefficient (Wildman–Crippen LogP) is 4.32. The van der Waals surface area contributed by atoms with Crippen molar-refractivity contribution in [2.45, 2.75) is 104 Å². The lowest BCUT2D eigenvalue weighted by Crippen LogP contribution is -2.62. The molecule has 0 spiro atoms. The summed E-state index contributed by atoms with van der Waals surface area (Å²) >= 11 is 0. The van der Waals surface area contributed by atoms with Crippen molar-refractivity contribution in [1.29, 1.82) is 0 Å². The average molecular weight is 528 g/mol. The number of hydrogen-bond acceptors (Lipinski definition) is 4. The zero-order valence-corrected chi connectivity index (χ0v) is 23.6. The zero-order valence-electron chi connectivity index (χ0n) is 22.7. The third-order valence-electron chi connectivity index (χ3n) is 11.7. The van der Waals surface area contributed by atoms with Crippen molar-refractivity contribution >= 4 is 13.5 Å². The van der Waals surface area contributed by atoms with Crippen LogP contribution in [0.25, 0.3) is 0 Å². The highest BCUT2D eigenvalue weighted by atomic mass is 31.2. The average Bonchev–Trinajstić information content (AvgIpc) is 3.15. The molecule has 1 amide bonds. The second-order valence-corrected chi connectivity index (χ2v) is 15.2. The second-order valence-electron chi connectivity index (χ2n) is 13.4. The normalized spacial score (nSPS) is 45.3. The number of carbonyl (C=O) groups is 1. The van der Waals surface area contributed by atoms with Crippen LogP contribution in [-0.4, -0.2) is 50.8 Å². The Morgan fingerprint density at radius 1 is 1.03 bits per heavy atom. The van der Waals surface area contributed by atoms with Gasteiger partial charge < -0.3 is 25.3 Å². The molecule has 4 aliphatic carbocycles. The summed E-state index contributed by atoms with van der Waals surface area (Å²) < 4.78 is 11.0. The minimum Gasteiger partial charge on any atom is -0.393 e. The zero-order chi connectivity index (χ0) is 26.5. The van der Waals surface area contributed by atoms with Gasteiger partial charge in [0.25, 0.3) is 0 Å². The standard InChI is InChI=1S/C28H50NO6P/c1-5-19-23-16-18(30)10-12-28(23,4)22-11-13-27(3)20(7-8-21(27)25(22)26(19)32)17(2)6-9-24(31)29-14-15-36(33,34)35/h17-23,25-26,30,32H,5-16H2,1-4H3,(H,29,31)(H2,33,34,35)/t17-,18-,19-,20?,21?,22?,23+,25?,26?,27-,28-/m1/s1. The molecule has 0 radical (unpaired) electrons. The third-order valence-corrected chi connectivity index (χ3v) is 12.5. The Morgan fingerprint density at radius 2 is 1.69 bits per heavy atom. The Morgan fingerprint density at radius 3 is 2.36 bits per heavy atom. The van der Waals surface area contributed by atoms with E-state index in [2.05, 4.69) is 33.0 Å². The smallest absolute Gasteiger partial charge is 0.327 e. The first-order chi connectivity index (χ1) is 16.8. The number of fused-ring (bicyclic) bond motifs is 5. The molecule has 7 nitrogen and oxygen atoms in total. The maximum Gasteiger partial charge on any atom is 0.327 e. The maximum absolute atomic E-state index is 12.3. The van der Waals surface area contributed by atoms with Gasteiger partial charge in [-0.1, -0.05) is 34.1 Å². The van der Waals surface area contributed by atoms with Crippen molar-refractivity contribution < 1.29 is 29.4 Å². The summed E-state index contributed by atoms with van der Waals surface area (Å²) in [4.78, 5) is 30.3. The molecule has 11 atom stereocenters. The SMILES string of the molecule is CC[C@H]1C(O)C2C3CCC([C@H](C)CCC(=O)NCCP(=O)(O)O)[C@@]3(C)CCC2[C@@]2(C)CC[C@@H](O)C[C@@H]12. The summed E-state index contributed by atoms with van der Waals surface area (Å²) in [6.07, 6.45) is 8.73. The molecule has 0 saturated heterocycles. The van der Waals surface area contributed by atoms with Crippen LogP contribution in [0.4, 0.5) is 0 Å². The fourth-order valence-corrected chi connectivity index (χ4v) is 10.3. The molecule has 5 N–H and O–H groups in total. The van der Waals surface area contributed by atoms with E-state index >= 15 is 0 Å². The number of aliphatic hydroxyl groups is 2. The van der Waals surface area contributed by atoms with E-state index in [4.69, 9.17) is 9.79 Å². The first-order valence-electron chi connectivity index (χ1n) is 14.5. The van der Waals surface area contributed by atoms with Gasteiger partial charge in [0.1, 0.15) is 0 Å². The van der Waals surface area contributed by atoms with Crippen molar-refractivity contribution in [3.63, 3.8) is 0 Å². The molecule has 0 aliphatic heterocycles. The molecule has 4 fully saturated rings. The van der Waals surface area contributed by atoms with Gasteiger partial charge in [-0.25, -0.2) is 0 Å². The highest BCUT2D eigenvalue weighted by Gasteiger charge is 2.64. The number of hydrogen-bond donors (Lipinski definition) is 5. The fraction of sp³-hybridized carbons (Fsp3) is 0.964. The minimum absolute atomic E-state index is 0.0110. The molecule has 4 rings (SSSR count). The van der Waals surface area contributed by atoms with Gasteiger partial charge in [-0.15, -0.1) is 0 Å². The molecule has 4 saturated carbocycles. The fourth-order valence-electron chi connectivity index (χ4n) is 9.92. The van der Waals surface area contributed by atoms with E-state index in [1.807, 2.05) is 0 Å². The lowest BCUT2D eigenvalue weighted by atomic mass is 9.41. The number of rotatable bonds is 8. The molecule has 208 valence electrons. The second kappa shape index (κ2) is 10.6. The van der Waals surface area contributed by atoms with E-state index in [0.29, 0.717) is 41.9 Å². The Hall–Kier alpha value is -0.460. The van der Waals surface area contributed by atoms with Gasteiger partial charge >= 0.3 is 7.60 Å². The summed E-state index contributed by atoms with van der Waals surface area (Å²) in [7, 11) is -4.09. The van der Waals surface area contributed by atoms with Gasteiger partial charge in [-0.3, -0.25) is 9.36 Å². The van der Waals surface area contributed by atoms with E-state index in [-0.39, 0.29) is 47.6 Å². The minimum atomic E-state index is -4.09. The topological polar surface area (TPSA) is 127 Å². The molecule has 4 aliphatic rings. The lowest BCUT2D eigenvalue weighted by molar-refractivity contribution is -0.203. The molecule has 5 unspecified atom stereocenters. The lowest BCUT2D eigenvalue weighted by Gasteiger charge is -2.64. The van der Waals surface area contributed by atoms with Gasteiger partial charge in [0.2, 0.25) is 5.91 Å². The summed E-state index contributed by atoms with van der Waals surface area (Å²) in [5, 5.41) is 24.9. The third kappa shape index (κ3) is 5.21. The number of aliphatic hydroxyl groups excluding tert-OH is 2. The van der Waals surface area contributed by atoms with Gasteiger partial charge in [0.15, 0.2) is 0 Å². The molecule has 0 aromatic heterocycles. The van der Waals surface area contributed by atoms with Crippen molar-refractivity contribution in [2.24, 2.45) is 52.3 Å². The van der Waals surface area contributed by atoms with Gasteiger partial charge in [0, 0.05) is 13.0 Å². The van der Waals surface area contributed by atoms with Crippen LogP contribution in [0.2, 0.25) is 0 Å². The Bertz CT molecular complexity index is 848. The van der Waals surface area contributed by atoms with E-state index < -0.39 is 7.60 Å². The van der Waals surface area contributed by atoms with Gasteiger partial charge in [-0.2, -0.15) is 0 Å². The molecule has 8 heteroatoms. The van der Waals surface area contributed by atoms with E-state index in [1.165, 1.54) is 6.42 Å². The van der Waals surface area contributed by atoms with E-state index in [0.717, 1.165) is 51.4 Å².